The maximum Gasteiger partial charge on any atom is 0.318 e. The Bertz CT molecular complexity index is 1820. The third-order valence-corrected chi connectivity index (χ3v) is 8.56. The van der Waals surface area contributed by atoms with Crippen LogP contribution in [0.5, 0.6) is 11.8 Å². The van der Waals surface area contributed by atoms with E-state index >= 15 is 4.39 Å². The molecule has 0 aliphatic carbocycles. The summed E-state index contributed by atoms with van der Waals surface area (Å²) >= 11 is 6.79. The van der Waals surface area contributed by atoms with Gasteiger partial charge in [0.1, 0.15) is 17.1 Å². The van der Waals surface area contributed by atoms with Gasteiger partial charge in [-0.3, -0.25) is 9.69 Å². The number of halogens is 2. The van der Waals surface area contributed by atoms with E-state index in [2.05, 4.69) is 20.9 Å². The molecule has 1 aromatic heterocycles. The minimum absolute atomic E-state index is 0.00468. The molecule has 3 aromatic carbocycles. The molecule has 3 heterocycles. The summed E-state index contributed by atoms with van der Waals surface area (Å²) in [7, 11) is 1.40. The Hall–Kier alpha value is -4.50. The molecular weight excluding hydrogens is 599 g/mol. The van der Waals surface area contributed by atoms with Gasteiger partial charge in [0.2, 0.25) is 5.91 Å². The molecule has 1 N–H and O–H groups in total. The average molecular weight is 631 g/mol. The second kappa shape index (κ2) is 13.2. The number of hydrogen-bond acceptors (Lipinski definition) is 9. The molecule has 0 bridgehead atoms. The number of morpholine rings is 1. The van der Waals surface area contributed by atoms with Crippen LogP contribution in [0.3, 0.4) is 0 Å². The van der Waals surface area contributed by atoms with E-state index in [4.69, 9.17) is 21.1 Å². The van der Waals surface area contributed by atoms with Crippen LogP contribution in [-0.2, 0) is 9.53 Å². The van der Waals surface area contributed by atoms with Gasteiger partial charge in [0.05, 0.1) is 43.9 Å². The number of carbonyl (C=O) groups is 1. The van der Waals surface area contributed by atoms with Gasteiger partial charge in [-0.25, -0.2) is 4.39 Å². The topological polar surface area (TPSA) is 115 Å². The largest absolute Gasteiger partial charge is 0.508 e. The molecule has 45 heavy (non-hydrogen) atoms. The molecule has 10 nitrogen and oxygen atoms in total. The standard InChI is InChI=1S/C33H32ClFN6O4/c1-44-33-37-31-26(19-27(34)29(30(31)35)25-18-23(42)17-21-5-2-3-6-24(21)25)32(38-33)40-11-12-41(22(20-40)8-9-36)28(43)7-4-10-39-13-15-45-16-14-39/h2-7,17-19,22,42H,8,10-16,20H2,1H3/b7-4+/t22-/m0/s1. The van der Waals surface area contributed by atoms with Crippen LogP contribution in [0, 0.1) is 17.1 Å². The van der Waals surface area contributed by atoms with Gasteiger partial charge < -0.3 is 24.4 Å². The van der Waals surface area contributed by atoms with E-state index in [1.54, 1.807) is 23.1 Å². The Kier molecular flexibility index (Phi) is 8.98. The number of nitriles is 1. The number of carbonyl (C=O) groups excluding carboxylic acids is 1. The maximum atomic E-state index is 16.5. The number of ether oxygens (including phenoxy) is 2. The lowest BCUT2D eigenvalue weighted by Gasteiger charge is -2.41. The monoisotopic (exact) mass is 630 g/mol. The number of rotatable bonds is 7. The molecular formula is C33H32ClFN6O4. The lowest BCUT2D eigenvalue weighted by Crippen LogP contribution is -2.55. The molecule has 12 heteroatoms. The number of phenols is 1. The van der Waals surface area contributed by atoms with Crippen LogP contribution in [0.15, 0.2) is 54.6 Å². The SMILES string of the molecule is COc1nc(N2CCN(C(=O)/C=C/CN3CCOCC3)[C@@H](CC#N)C2)c2cc(Cl)c(-c3cc(O)cc4ccccc34)c(F)c2n1. The lowest BCUT2D eigenvalue weighted by atomic mass is 9.96. The molecule has 2 aliphatic heterocycles. The molecule has 0 spiro atoms. The molecule has 1 amide bonds. The van der Waals surface area contributed by atoms with Gasteiger partial charge in [0, 0.05) is 56.3 Å². The quantitative estimate of drug-likeness (QED) is 0.288. The van der Waals surface area contributed by atoms with Crippen molar-refractivity contribution in [3.05, 3.63) is 65.5 Å². The summed E-state index contributed by atoms with van der Waals surface area (Å²) in [5.41, 5.74) is 0.534. The molecule has 4 aromatic rings. The Labute approximate surface area is 264 Å². The summed E-state index contributed by atoms with van der Waals surface area (Å²) in [5.74, 6) is -0.469. The first-order chi connectivity index (χ1) is 21.9. The molecule has 0 radical (unpaired) electrons. The fourth-order valence-corrected chi connectivity index (χ4v) is 6.33. The van der Waals surface area contributed by atoms with Crippen LogP contribution in [0.1, 0.15) is 6.42 Å². The highest BCUT2D eigenvalue weighted by atomic mass is 35.5. The zero-order chi connectivity index (χ0) is 31.5. The van der Waals surface area contributed by atoms with Gasteiger partial charge in [-0.1, -0.05) is 41.9 Å². The molecule has 0 saturated carbocycles. The van der Waals surface area contributed by atoms with Crippen molar-refractivity contribution in [2.75, 3.05) is 64.5 Å². The smallest absolute Gasteiger partial charge is 0.318 e. The van der Waals surface area contributed by atoms with E-state index in [1.165, 1.54) is 13.2 Å². The summed E-state index contributed by atoms with van der Waals surface area (Å²) in [6, 6.07) is 13.8. The number of fused-ring (bicyclic) bond motifs is 2. The molecule has 2 fully saturated rings. The van der Waals surface area contributed by atoms with E-state index in [9.17, 15) is 15.2 Å². The summed E-state index contributed by atoms with van der Waals surface area (Å²) < 4.78 is 27.3. The van der Waals surface area contributed by atoms with Crippen molar-refractivity contribution in [1.82, 2.24) is 19.8 Å². The summed E-state index contributed by atoms with van der Waals surface area (Å²) in [6.07, 6.45) is 3.54. The third kappa shape index (κ3) is 6.22. The Morgan fingerprint density at radius 2 is 1.98 bits per heavy atom. The van der Waals surface area contributed by atoms with Crippen LogP contribution in [0.2, 0.25) is 5.02 Å². The maximum absolute atomic E-state index is 16.5. The van der Waals surface area contributed by atoms with Crippen molar-refractivity contribution < 1.29 is 23.8 Å². The van der Waals surface area contributed by atoms with Crippen molar-refractivity contribution in [1.29, 1.82) is 5.26 Å². The zero-order valence-corrected chi connectivity index (χ0v) is 25.5. The number of hydrogen-bond donors (Lipinski definition) is 1. The molecule has 2 aliphatic rings. The summed E-state index contributed by atoms with van der Waals surface area (Å²) in [5, 5.41) is 22.0. The number of piperazine rings is 1. The molecule has 0 unspecified atom stereocenters. The molecule has 232 valence electrons. The number of benzene rings is 3. The number of aromatic nitrogens is 2. The van der Waals surface area contributed by atoms with Crippen LogP contribution in [-0.4, -0.2) is 96.4 Å². The first kappa shape index (κ1) is 30.5. The highest BCUT2D eigenvalue weighted by molar-refractivity contribution is 6.35. The van der Waals surface area contributed by atoms with Gasteiger partial charge in [-0.2, -0.15) is 15.2 Å². The van der Waals surface area contributed by atoms with E-state index in [0.717, 1.165) is 23.9 Å². The van der Waals surface area contributed by atoms with Crippen molar-refractivity contribution in [2.24, 2.45) is 0 Å². The number of phenolic OH excluding ortho intramolecular Hbond substituents is 1. The first-order valence-corrected chi connectivity index (χ1v) is 15.1. The minimum atomic E-state index is -0.678. The number of anilines is 1. The fraction of sp³-hybridized carbons (Fsp3) is 0.333. The third-order valence-electron chi connectivity index (χ3n) is 8.26. The average Bonchev–Trinajstić information content (AvgIpc) is 3.05. The van der Waals surface area contributed by atoms with Crippen LogP contribution < -0.4 is 9.64 Å². The van der Waals surface area contributed by atoms with Crippen LogP contribution in [0.4, 0.5) is 10.2 Å². The lowest BCUT2D eigenvalue weighted by molar-refractivity contribution is -0.128. The van der Waals surface area contributed by atoms with Gasteiger partial charge in [-0.05, 0) is 34.5 Å². The van der Waals surface area contributed by atoms with Crippen molar-refractivity contribution >= 4 is 45.0 Å². The first-order valence-electron chi connectivity index (χ1n) is 14.7. The van der Waals surface area contributed by atoms with E-state index in [-0.39, 0.29) is 40.2 Å². The highest BCUT2D eigenvalue weighted by Gasteiger charge is 2.32. The number of aromatic hydroxyl groups is 1. The fourth-order valence-electron chi connectivity index (χ4n) is 6.04. The van der Waals surface area contributed by atoms with Gasteiger partial charge in [-0.15, -0.1) is 0 Å². The molecule has 1 atom stereocenters. The predicted octanol–water partition coefficient (Wildman–Crippen LogP) is 4.78. The second-order valence-electron chi connectivity index (χ2n) is 11.0. The molecule has 2 saturated heterocycles. The highest BCUT2D eigenvalue weighted by Crippen LogP contribution is 2.42. The number of amides is 1. The van der Waals surface area contributed by atoms with E-state index < -0.39 is 11.9 Å². The van der Waals surface area contributed by atoms with Gasteiger partial charge in [0.15, 0.2) is 5.82 Å². The van der Waals surface area contributed by atoms with Crippen LogP contribution in [0.25, 0.3) is 32.8 Å². The second-order valence-corrected chi connectivity index (χ2v) is 11.4. The Morgan fingerprint density at radius 1 is 1.18 bits per heavy atom. The van der Waals surface area contributed by atoms with E-state index in [0.29, 0.717) is 56.2 Å². The predicted molar refractivity (Wildman–Crippen MR) is 170 cm³/mol. The van der Waals surface area contributed by atoms with Gasteiger partial charge in [0.25, 0.3) is 0 Å². The number of methoxy groups -OCH3 is 1. The zero-order valence-electron chi connectivity index (χ0n) is 24.7. The normalized spacial score (nSPS) is 17.7. The van der Waals surface area contributed by atoms with Crippen molar-refractivity contribution in [3.8, 4) is 29.0 Å². The summed E-state index contributed by atoms with van der Waals surface area (Å²) in [6.45, 7) is 4.67. The summed E-state index contributed by atoms with van der Waals surface area (Å²) in [4.78, 5) is 27.9. The van der Waals surface area contributed by atoms with Gasteiger partial charge >= 0.3 is 6.01 Å². The van der Waals surface area contributed by atoms with Crippen molar-refractivity contribution in [2.45, 2.75) is 12.5 Å². The van der Waals surface area contributed by atoms with E-state index in [1.807, 2.05) is 35.2 Å². The minimum Gasteiger partial charge on any atom is -0.508 e. The van der Waals surface area contributed by atoms with Crippen molar-refractivity contribution in [3.63, 3.8) is 0 Å². The molecule has 6 rings (SSSR count). The number of nitrogens with zero attached hydrogens (tertiary/aromatic N) is 6. The Morgan fingerprint density at radius 3 is 2.76 bits per heavy atom. The Balaban J connectivity index is 1.33. The van der Waals surface area contributed by atoms with Crippen LogP contribution >= 0.6 is 11.6 Å².